The van der Waals surface area contributed by atoms with Crippen molar-refractivity contribution in [2.45, 2.75) is 57.3 Å². The minimum Gasteiger partial charge on any atom is -0.389 e. The Hall–Kier alpha value is -0.900. The van der Waals surface area contributed by atoms with Crippen molar-refractivity contribution in [3.05, 3.63) is 35.4 Å². The van der Waals surface area contributed by atoms with E-state index in [9.17, 15) is 5.11 Å². The maximum atomic E-state index is 10.2. The Balaban J connectivity index is 1.42. The van der Waals surface area contributed by atoms with E-state index < -0.39 is 0 Å². The van der Waals surface area contributed by atoms with Gasteiger partial charge in [-0.1, -0.05) is 43.5 Å². The number of aliphatic hydroxyl groups excluding tert-OH is 1. The van der Waals surface area contributed by atoms with Gasteiger partial charge >= 0.3 is 0 Å². The quantitative estimate of drug-likeness (QED) is 0.904. The summed E-state index contributed by atoms with van der Waals surface area (Å²) in [4.78, 5) is 2.34. The molecule has 1 N–H and O–H groups in total. The van der Waals surface area contributed by atoms with E-state index in [1.54, 1.807) is 0 Å². The van der Waals surface area contributed by atoms with Crippen molar-refractivity contribution in [2.24, 2.45) is 0 Å². The van der Waals surface area contributed by atoms with Crippen LogP contribution in [-0.2, 0) is 17.7 Å². The Morgan fingerprint density at radius 3 is 2.71 bits per heavy atom. The van der Waals surface area contributed by atoms with Gasteiger partial charge in [0.1, 0.15) is 0 Å². The highest BCUT2D eigenvalue weighted by atomic mass is 16.5. The van der Waals surface area contributed by atoms with Gasteiger partial charge in [0.15, 0.2) is 0 Å². The summed E-state index contributed by atoms with van der Waals surface area (Å²) in [5.74, 6) is 0. The lowest BCUT2D eigenvalue weighted by Gasteiger charge is -2.31. The van der Waals surface area contributed by atoms with Crippen molar-refractivity contribution in [3.8, 4) is 0 Å². The van der Waals surface area contributed by atoms with Gasteiger partial charge in [-0.25, -0.2) is 0 Å². The Morgan fingerprint density at radius 1 is 1.14 bits per heavy atom. The zero-order valence-electron chi connectivity index (χ0n) is 12.8. The fourth-order valence-corrected chi connectivity index (χ4v) is 3.54. The molecule has 0 saturated heterocycles. The summed E-state index contributed by atoms with van der Waals surface area (Å²) in [7, 11) is 0. The number of rotatable bonds is 5. The molecule has 1 aromatic carbocycles. The zero-order chi connectivity index (χ0) is 14.5. The van der Waals surface area contributed by atoms with E-state index >= 15 is 0 Å². The second-order valence-electron chi connectivity index (χ2n) is 6.50. The molecule has 1 aliphatic heterocycles. The van der Waals surface area contributed by atoms with Gasteiger partial charge in [-0.3, -0.25) is 4.90 Å². The maximum Gasteiger partial charge on any atom is 0.0900 e. The van der Waals surface area contributed by atoms with Crippen LogP contribution in [0.4, 0.5) is 0 Å². The molecule has 2 aliphatic rings. The largest absolute Gasteiger partial charge is 0.389 e. The van der Waals surface area contributed by atoms with Crippen LogP contribution in [-0.4, -0.2) is 41.9 Å². The third-order valence-corrected chi connectivity index (χ3v) is 4.76. The molecule has 3 heteroatoms. The molecule has 1 aromatic rings. The number of benzene rings is 1. The van der Waals surface area contributed by atoms with Gasteiger partial charge in [0.05, 0.1) is 18.8 Å². The van der Waals surface area contributed by atoms with Crippen LogP contribution in [0.5, 0.6) is 0 Å². The number of hydrogen-bond acceptors (Lipinski definition) is 3. The molecular formula is C18H27NO2. The van der Waals surface area contributed by atoms with Gasteiger partial charge in [-0.15, -0.1) is 0 Å². The highest BCUT2D eigenvalue weighted by molar-refractivity contribution is 5.29. The normalized spacial score (nSPS) is 22.0. The average Bonchev–Trinajstić information content (AvgIpc) is 2.54. The molecule has 0 amide bonds. The zero-order valence-corrected chi connectivity index (χ0v) is 12.8. The highest BCUT2D eigenvalue weighted by Crippen LogP contribution is 2.21. The second-order valence-corrected chi connectivity index (χ2v) is 6.50. The van der Waals surface area contributed by atoms with Gasteiger partial charge in [-0.05, 0) is 30.4 Å². The summed E-state index contributed by atoms with van der Waals surface area (Å²) in [6, 6.07) is 8.63. The lowest BCUT2D eigenvalue weighted by molar-refractivity contribution is -0.0344. The van der Waals surface area contributed by atoms with Crippen molar-refractivity contribution in [3.63, 3.8) is 0 Å². The summed E-state index contributed by atoms with van der Waals surface area (Å²) in [6.07, 6.45) is 7.36. The lowest BCUT2D eigenvalue weighted by Crippen LogP contribution is -2.39. The SMILES string of the molecule is OC(COC1CCCCC1)CN1CCc2ccccc2C1. The van der Waals surface area contributed by atoms with Crippen LogP contribution in [0.1, 0.15) is 43.2 Å². The van der Waals surface area contributed by atoms with Crippen LogP contribution in [0.2, 0.25) is 0 Å². The van der Waals surface area contributed by atoms with Crippen LogP contribution >= 0.6 is 0 Å². The van der Waals surface area contributed by atoms with E-state index in [1.165, 1.54) is 43.2 Å². The van der Waals surface area contributed by atoms with Crippen LogP contribution in [0.15, 0.2) is 24.3 Å². The topological polar surface area (TPSA) is 32.7 Å². The molecule has 0 spiro atoms. The van der Waals surface area contributed by atoms with Gasteiger partial charge < -0.3 is 9.84 Å². The molecule has 1 heterocycles. The smallest absolute Gasteiger partial charge is 0.0900 e. The molecule has 116 valence electrons. The van der Waals surface area contributed by atoms with Crippen LogP contribution in [0.3, 0.4) is 0 Å². The molecule has 21 heavy (non-hydrogen) atoms. The van der Waals surface area contributed by atoms with Gasteiger partial charge in [-0.2, -0.15) is 0 Å². The first-order chi connectivity index (χ1) is 10.3. The standard InChI is InChI=1S/C18H27NO2/c20-17(14-21-18-8-2-1-3-9-18)13-19-11-10-15-6-4-5-7-16(15)12-19/h4-7,17-18,20H,1-3,8-14H2. The van der Waals surface area contributed by atoms with E-state index in [0.717, 1.165) is 26.1 Å². The van der Waals surface area contributed by atoms with Crippen LogP contribution in [0, 0.1) is 0 Å². The van der Waals surface area contributed by atoms with Gasteiger partial charge in [0, 0.05) is 19.6 Å². The molecular weight excluding hydrogens is 262 g/mol. The van der Waals surface area contributed by atoms with E-state index in [1.807, 2.05) is 0 Å². The predicted octanol–water partition coefficient (Wildman–Crippen LogP) is 2.75. The maximum absolute atomic E-state index is 10.2. The first-order valence-corrected chi connectivity index (χ1v) is 8.40. The van der Waals surface area contributed by atoms with Crippen LogP contribution in [0.25, 0.3) is 0 Å². The summed E-state index contributed by atoms with van der Waals surface area (Å²) in [5.41, 5.74) is 2.87. The minimum atomic E-state index is -0.364. The monoisotopic (exact) mass is 289 g/mol. The van der Waals surface area contributed by atoms with Crippen molar-refractivity contribution in [1.82, 2.24) is 4.90 Å². The molecule has 1 aliphatic carbocycles. The molecule has 1 atom stereocenters. The van der Waals surface area contributed by atoms with E-state index in [4.69, 9.17) is 4.74 Å². The summed E-state index contributed by atoms with van der Waals surface area (Å²) < 4.78 is 5.88. The molecule has 3 rings (SSSR count). The molecule has 3 nitrogen and oxygen atoms in total. The number of aliphatic hydroxyl groups is 1. The second kappa shape index (κ2) is 7.39. The predicted molar refractivity (Wildman–Crippen MR) is 84.3 cm³/mol. The van der Waals surface area contributed by atoms with Crippen molar-refractivity contribution < 1.29 is 9.84 Å². The van der Waals surface area contributed by atoms with Crippen LogP contribution < -0.4 is 0 Å². The van der Waals surface area contributed by atoms with E-state index in [2.05, 4.69) is 29.2 Å². The number of ether oxygens (including phenoxy) is 1. The number of hydrogen-bond donors (Lipinski definition) is 1. The minimum absolute atomic E-state index is 0.364. The number of β-amino-alcohol motifs (C(OH)–C–C–N with tert-alkyl or cyclic N) is 1. The molecule has 0 radical (unpaired) electrons. The van der Waals surface area contributed by atoms with Crippen molar-refractivity contribution in [1.29, 1.82) is 0 Å². The van der Waals surface area contributed by atoms with Crippen molar-refractivity contribution in [2.75, 3.05) is 19.7 Å². The first-order valence-electron chi connectivity index (χ1n) is 8.40. The highest BCUT2D eigenvalue weighted by Gasteiger charge is 2.20. The van der Waals surface area contributed by atoms with E-state index in [-0.39, 0.29) is 6.10 Å². The Labute approximate surface area is 127 Å². The molecule has 1 unspecified atom stereocenters. The Bertz CT molecular complexity index is 443. The number of fused-ring (bicyclic) bond motifs is 1. The molecule has 1 fully saturated rings. The van der Waals surface area contributed by atoms with Gasteiger partial charge in [0.2, 0.25) is 0 Å². The summed E-state index contributed by atoms with van der Waals surface area (Å²) in [5, 5.41) is 10.2. The fraction of sp³-hybridized carbons (Fsp3) is 0.667. The summed E-state index contributed by atoms with van der Waals surface area (Å²) in [6.45, 7) is 3.21. The third kappa shape index (κ3) is 4.29. The van der Waals surface area contributed by atoms with Crippen molar-refractivity contribution >= 4 is 0 Å². The van der Waals surface area contributed by atoms with E-state index in [0.29, 0.717) is 12.7 Å². The summed E-state index contributed by atoms with van der Waals surface area (Å²) >= 11 is 0. The Morgan fingerprint density at radius 2 is 1.90 bits per heavy atom. The molecule has 0 aromatic heterocycles. The van der Waals surface area contributed by atoms with Gasteiger partial charge in [0.25, 0.3) is 0 Å². The lowest BCUT2D eigenvalue weighted by atomic mass is 9.98. The number of nitrogens with zero attached hydrogens (tertiary/aromatic N) is 1. The first kappa shape index (κ1) is 15.0. The fourth-order valence-electron chi connectivity index (χ4n) is 3.54. The molecule has 0 bridgehead atoms. The Kier molecular flexibility index (Phi) is 5.28. The average molecular weight is 289 g/mol. The third-order valence-electron chi connectivity index (χ3n) is 4.76. The molecule has 1 saturated carbocycles.